The van der Waals surface area contributed by atoms with Gasteiger partial charge in [0.1, 0.15) is 4.21 Å². The highest BCUT2D eigenvalue weighted by Crippen LogP contribution is 2.25. The number of carbonyl (C=O) groups is 1. The van der Waals surface area contributed by atoms with Crippen molar-refractivity contribution in [2.45, 2.75) is 49.7 Å². The van der Waals surface area contributed by atoms with E-state index < -0.39 is 10.0 Å². The molecule has 2 heterocycles. The molecule has 1 aromatic heterocycles. The molecule has 27 heavy (non-hydrogen) atoms. The molecule has 1 amide bonds. The molecular weight excluding hydrogens is 380 g/mol. The summed E-state index contributed by atoms with van der Waals surface area (Å²) in [5.74, 6) is 0.316. The van der Waals surface area contributed by atoms with Crippen molar-refractivity contribution in [3.63, 3.8) is 0 Å². The van der Waals surface area contributed by atoms with Crippen molar-refractivity contribution in [1.29, 1.82) is 0 Å². The molecular formula is C20H26N2O3S2. The fourth-order valence-corrected chi connectivity index (χ4v) is 5.38. The van der Waals surface area contributed by atoms with E-state index in [1.807, 2.05) is 17.0 Å². The first kappa shape index (κ1) is 19.9. The minimum absolute atomic E-state index is 0.0733. The molecule has 5 nitrogen and oxygen atoms in total. The van der Waals surface area contributed by atoms with Crippen molar-refractivity contribution < 1.29 is 13.2 Å². The lowest BCUT2D eigenvalue weighted by molar-refractivity contribution is 0.0762. The lowest BCUT2D eigenvalue weighted by Gasteiger charge is -2.19. The molecule has 0 saturated carbocycles. The quantitative estimate of drug-likeness (QED) is 0.783. The van der Waals surface area contributed by atoms with E-state index >= 15 is 0 Å². The number of thiophene rings is 1. The lowest BCUT2D eigenvalue weighted by Crippen LogP contribution is -2.31. The summed E-state index contributed by atoms with van der Waals surface area (Å²) >= 11 is 1.08. The van der Waals surface area contributed by atoms with E-state index in [1.165, 1.54) is 6.07 Å². The molecule has 0 atom stereocenters. The van der Waals surface area contributed by atoms with Crippen LogP contribution >= 0.6 is 11.3 Å². The van der Waals surface area contributed by atoms with Crippen molar-refractivity contribution in [3.8, 4) is 0 Å². The van der Waals surface area contributed by atoms with E-state index in [-0.39, 0.29) is 10.1 Å². The van der Waals surface area contributed by atoms with Gasteiger partial charge in [0.05, 0.1) is 5.56 Å². The van der Waals surface area contributed by atoms with Crippen LogP contribution in [-0.4, -0.2) is 32.3 Å². The standard InChI is InChI=1S/C20H26N2O3S2/c1-15(2)16-7-9-18(10-8-16)21-27(24,25)19-13-17(14-26-19)20(23)22-11-5-3-4-6-12-22/h7-10,13-15,21H,3-6,11-12H2,1-2H3. The number of carbonyl (C=O) groups excluding carboxylic acids is 1. The molecule has 1 saturated heterocycles. The summed E-state index contributed by atoms with van der Waals surface area (Å²) in [6.07, 6.45) is 4.31. The van der Waals surface area contributed by atoms with Gasteiger partial charge in [0, 0.05) is 24.2 Å². The van der Waals surface area contributed by atoms with Crippen LogP contribution in [0.2, 0.25) is 0 Å². The number of hydrogen-bond donors (Lipinski definition) is 1. The van der Waals surface area contributed by atoms with Crippen molar-refractivity contribution >= 4 is 33.0 Å². The molecule has 7 heteroatoms. The van der Waals surface area contributed by atoms with Crippen molar-refractivity contribution in [2.75, 3.05) is 17.8 Å². The van der Waals surface area contributed by atoms with Gasteiger partial charge in [0.2, 0.25) is 0 Å². The summed E-state index contributed by atoms with van der Waals surface area (Å²) in [6.45, 7) is 5.68. The third-order valence-electron chi connectivity index (χ3n) is 4.81. The van der Waals surface area contributed by atoms with Crippen molar-refractivity contribution in [1.82, 2.24) is 4.90 Å². The molecule has 0 unspecified atom stereocenters. The van der Waals surface area contributed by atoms with Gasteiger partial charge in [-0.1, -0.05) is 38.8 Å². The fraction of sp³-hybridized carbons (Fsp3) is 0.450. The second-order valence-electron chi connectivity index (χ2n) is 7.24. The normalized spacial score (nSPS) is 15.6. The molecule has 0 spiro atoms. The Kier molecular flexibility index (Phi) is 6.22. The Morgan fingerprint density at radius 2 is 1.70 bits per heavy atom. The van der Waals surface area contributed by atoms with Gasteiger partial charge in [-0.05, 0) is 42.5 Å². The summed E-state index contributed by atoms with van der Waals surface area (Å²) in [5.41, 5.74) is 2.13. The zero-order valence-electron chi connectivity index (χ0n) is 15.8. The third-order valence-corrected chi connectivity index (χ3v) is 7.63. The predicted octanol–water partition coefficient (Wildman–Crippen LogP) is 4.69. The SMILES string of the molecule is CC(C)c1ccc(NS(=O)(=O)c2cc(C(=O)N3CCCCCC3)cs2)cc1. The largest absolute Gasteiger partial charge is 0.339 e. The highest BCUT2D eigenvalue weighted by Gasteiger charge is 2.23. The Hall–Kier alpha value is -1.86. The van der Waals surface area contributed by atoms with Gasteiger partial charge in [-0.3, -0.25) is 9.52 Å². The fourth-order valence-electron chi connectivity index (χ4n) is 3.17. The van der Waals surface area contributed by atoms with Crippen LogP contribution in [0.4, 0.5) is 5.69 Å². The first-order valence-corrected chi connectivity index (χ1v) is 11.7. The summed E-state index contributed by atoms with van der Waals surface area (Å²) < 4.78 is 28.1. The maximum atomic E-state index is 12.7. The molecule has 1 aliphatic rings. The van der Waals surface area contributed by atoms with E-state index in [9.17, 15) is 13.2 Å². The second kappa shape index (κ2) is 8.44. The average molecular weight is 407 g/mol. The first-order valence-electron chi connectivity index (χ1n) is 9.37. The highest BCUT2D eigenvalue weighted by molar-refractivity contribution is 7.94. The number of anilines is 1. The average Bonchev–Trinajstić information content (AvgIpc) is 2.99. The smallest absolute Gasteiger partial charge is 0.271 e. The summed E-state index contributed by atoms with van der Waals surface area (Å²) in [5, 5.41) is 1.64. The van der Waals surface area contributed by atoms with E-state index in [0.717, 1.165) is 55.7 Å². The molecule has 1 N–H and O–H groups in total. The second-order valence-corrected chi connectivity index (χ2v) is 10.1. The molecule has 1 aromatic carbocycles. The van der Waals surface area contributed by atoms with Gasteiger partial charge >= 0.3 is 0 Å². The van der Waals surface area contributed by atoms with E-state index in [0.29, 0.717) is 17.2 Å². The molecule has 0 bridgehead atoms. The summed E-state index contributed by atoms with van der Waals surface area (Å²) in [6, 6.07) is 8.87. The van der Waals surface area contributed by atoms with Crippen molar-refractivity contribution in [2.24, 2.45) is 0 Å². The van der Waals surface area contributed by atoms with Crippen LogP contribution in [0.25, 0.3) is 0 Å². The van der Waals surface area contributed by atoms with E-state index in [1.54, 1.807) is 17.5 Å². The van der Waals surface area contributed by atoms with E-state index in [4.69, 9.17) is 0 Å². The summed E-state index contributed by atoms with van der Waals surface area (Å²) in [4.78, 5) is 14.5. The molecule has 3 rings (SSSR count). The van der Waals surface area contributed by atoms with Gasteiger partial charge in [-0.15, -0.1) is 11.3 Å². The minimum atomic E-state index is -3.70. The maximum Gasteiger partial charge on any atom is 0.271 e. The predicted molar refractivity (Wildman–Crippen MR) is 110 cm³/mol. The van der Waals surface area contributed by atoms with Gasteiger partial charge in [-0.2, -0.15) is 0 Å². The Morgan fingerprint density at radius 3 is 2.30 bits per heavy atom. The molecule has 1 aliphatic heterocycles. The number of nitrogens with one attached hydrogen (secondary N) is 1. The minimum Gasteiger partial charge on any atom is -0.339 e. The van der Waals surface area contributed by atoms with Gasteiger partial charge in [0.25, 0.3) is 15.9 Å². The zero-order chi connectivity index (χ0) is 19.4. The molecule has 1 fully saturated rings. The molecule has 2 aromatic rings. The highest BCUT2D eigenvalue weighted by atomic mass is 32.2. The summed E-state index contributed by atoms with van der Waals surface area (Å²) in [7, 11) is -3.70. The topological polar surface area (TPSA) is 66.5 Å². The monoisotopic (exact) mass is 406 g/mol. The number of benzene rings is 1. The molecule has 0 radical (unpaired) electrons. The number of hydrogen-bond acceptors (Lipinski definition) is 4. The number of amides is 1. The van der Waals surface area contributed by atoms with Crippen LogP contribution in [0, 0.1) is 0 Å². The first-order chi connectivity index (χ1) is 12.9. The van der Waals surface area contributed by atoms with Crippen LogP contribution in [-0.2, 0) is 10.0 Å². The Balaban J connectivity index is 1.73. The number of sulfonamides is 1. The third kappa shape index (κ3) is 4.90. The van der Waals surface area contributed by atoms with Gasteiger partial charge < -0.3 is 4.90 Å². The van der Waals surface area contributed by atoms with Gasteiger partial charge in [0.15, 0.2) is 0 Å². The number of likely N-dealkylation sites (tertiary alicyclic amines) is 1. The lowest BCUT2D eigenvalue weighted by atomic mass is 10.0. The molecule has 0 aliphatic carbocycles. The number of rotatable bonds is 5. The van der Waals surface area contributed by atoms with E-state index in [2.05, 4.69) is 18.6 Å². The van der Waals surface area contributed by atoms with Crippen LogP contribution in [0.15, 0.2) is 39.9 Å². The van der Waals surface area contributed by atoms with Gasteiger partial charge in [-0.25, -0.2) is 8.42 Å². The maximum absolute atomic E-state index is 12.7. The van der Waals surface area contributed by atoms with Crippen LogP contribution in [0.1, 0.15) is 61.4 Å². The van der Waals surface area contributed by atoms with Crippen molar-refractivity contribution in [3.05, 3.63) is 46.8 Å². The molecule has 146 valence electrons. The Bertz CT molecular complexity index is 878. The number of nitrogens with zero attached hydrogens (tertiary/aromatic N) is 1. The van der Waals surface area contributed by atoms with Crippen LogP contribution < -0.4 is 4.72 Å². The van der Waals surface area contributed by atoms with Crippen LogP contribution in [0.3, 0.4) is 0 Å². The Morgan fingerprint density at radius 1 is 1.07 bits per heavy atom. The van der Waals surface area contributed by atoms with Crippen LogP contribution in [0.5, 0.6) is 0 Å². The zero-order valence-corrected chi connectivity index (χ0v) is 17.4. The Labute approximate surface area is 165 Å².